The number of rotatable bonds is 5. The number of fused-ring (bicyclic) bond motifs is 1. The maximum absolute atomic E-state index is 12.8. The Hall–Kier alpha value is -2.34. The lowest BCUT2D eigenvalue weighted by Gasteiger charge is -2.14. The van der Waals surface area contributed by atoms with Gasteiger partial charge < -0.3 is 10.1 Å². The summed E-state index contributed by atoms with van der Waals surface area (Å²) in [4.78, 5) is 25.0. The molecule has 0 aliphatic heterocycles. The van der Waals surface area contributed by atoms with Gasteiger partial charge in [-0.1, -0.05) is 17.7 Å². The van der Waals surface area contributed by atoms with E-state index in [9.17, 15) is 9.59 Å². The number of carbonyl (C=O) groups excluding carboxylic acids is 1. The van der Waals surface area contributed by atoms with Gasteiger partial charge in [0.25, 0.3) is 5.56 Å². The smallest absolute Gasteiger partial charge is 0.274 e. The molecule has 0 bridgehead atoms. The van der Waals surface area contributed by atoms with Gasteiger partial charge in [0.15, 0.2) is 0 Å². The van der Waals surface area contributed by atoms with Crippen LogP contribution in [-0.2, 0) is 22.4 Å². The molecule has 1 aliphatic rings. The molecule has 1 unspecified atom stereocenters. The van der Waals surface area contributed by atoms with Gasteiger partial charge in [-0.3, -0.25) is 14.7 Å². The average Bonchev–Trinajstić information content (AvgIpc) is 2.79. The zero-order valence-corrected chi connectivity index (χ0v) is 14.8. The molecular weight excluding hydrogens is 318 g/mol. The summed E-state index contributed by atoms with van der Waals surface area (Å²) in [6, 6.07) is 7.87. The average molecular weight is 343 g/mol. The van der Waals surface area contributed by atoms with Crippen molar-refractivity contribution in [3.63, 3.8) is 0 Å². The molecule has 0 saturated heterocycles. The fraction of sp³-hybridized carbons (Fsp3) is 0.474. The summed E-state index contributed by atoms with van der Waals surface area (Å²) in [6.45, 7) is 3.06. The fourth-order valence-corrected chi connectivity index (χ4v) is 3.32. The molecular formula is C19H25N3O3. The lowest BCUT2D eigenvalue weighted by atomic mass is 9.99. The minimum atomic E-state index is -0.0510. The van der Waals surface area contributed by atoms with E-state index in [-0.39, 0.29) is 17.4 Å². The Morgan fingerprint density at radius 3 is 2.72 bits per heavy atom. The van der Waals surface area contributed by atoms with Gasteiger partial charge in [0.2, 0.25) is 5.91 Å². The topological polar surface area (TPSA) is 76.1 Å². The second-order valence-electron chi connectivity index (χ2n) is 6.60. The van der Waals surface area contributed by atoms with Gasteiger partial charge in [-0.25, -0.2) is 4.68 Å². The fourth-order valence-electron chi connectivity index (χ4n) is 3.32. The molecule has 0 spiro atoms. The molecule has 3 rings (SSSR count). The van der Waals surface area contributed by atoms with Gasteiger partial charge in [0.05, 0.1) is 12.3 Å². The molecule has 2 aromatic rings. The minimum Gasteiger partial charge on any atom is -0.383 e. The Balaban J connectivity index is 1.73. The maximum atomic E-state index is 12.8. The van der Waals surface area contributed by atoms with Crippen LogP contribution in [0.1, 0.15) is 29.7 Å². The molecule has 25 heavy (non-hydrogen) atoms. The summed E-state index contributed by atoms with van der Waals surface area (Å²) in [5.74, 6) is 0.00550. The van der Waals surface area contributed by atoms with E-state index in [1.165, 1.54) is 0 Å². The highest BCUT2D eigenvalue weighted by Gasteiger charge is 2.25. The Morgan fingerprint density at radius 1 is 1.28 bits per heavy atom. The molecule has 1 atom stereocenters. The first-order valence-corrected chi connectivity index (χ1v) is 8.76. The van der Waals surface area contributed by atoms with Gasteiger partial charge in [-0.2, -0.15) is 0 Å². The first kappa shape index (κ1) is 17.5. The number of aryl methyl sites for hydroxylation is 2. The van der Waals surface area contributed by atoms with Crippen molar-refractivity contribution in [3.05, 3.63) is 51.4 Å². The Bertz CT molecular complexity index is 789. The zero-order valence-electron chi connectivity index (χ0n) is 14.8. The summed E-state index contributed by atoms with van der Waals surface area (Å²) in [5.41, 5.74) is 3.77. The quantitative estimate of drug-likeness (QED) is 0.641. The monoisotopic (exact) mass is 343 g/mol. The molecule has 0 radical (unpaired) electrons. The molecule has 1 aromatic carbocycles. The number of benzene rings is 1. The van der Waals surface area contributed by atoms with Crippen LogP contribution in [0.15, 0.2) is 29.1 Å². The minimum absolute atomic E-state index is 0.000654. The highest BCUT2D eigenvalue weighted by atomic mass is 16.5. The Labute approximate surface area is 147 Å². The largest absolute Gasteiger partial charge is 0.383 e. The first-order valence-electron chi connectivity index (χ1n) is 8.76. The lowest BCUT2D eigenvalue weighted by Crippen LogP contribution is -2.33. The number of nitrogens with one attached hydrogen (secondary N) is 2. The summed E-state index contributed by atoms with van der Waals surface area (Å²) in [6.07, 6.45) is 2.80. The van der Waals surface area contributed by atoms with E-state index in [0.717, 1.165) is 28.9 Å². The highest BCUT2D eigenvalue weighted by molar-refractivity contribution is 5.78. The molecule has 2 N–H and O–H groups in total. The number of methoxy groups -OCH3 is 1. The van der Waals surface area contributed by atoms with Crippen LogP contribution >= 0.6 is 0 Å². The summed E-state index contributed by atoms with van der Waals surface area (Å²) in [5, 5.41) is 6.14. The number of hydrogen-bond donors (Lipinski definition) is 2. The summed E-state index contributed by atoms with van der Waals surface area (Å²) < 4.78 is 6.57. The number of carbonyl (C=O) groups is 1. The number of H-pyrrole nitrogens is 1. The van der Waals surface area contributed by atoms with Crippen LogP contribution in [0.2, 0.25) is 0 Å². The molecule has 6 nitrogen and oxygen atoms in total. The number of ether oxygens (including phenoxy) is 1. The molecule has 1 aromatic heterocycles. The molecule has 1 aliphatic carbocycles. The van der Waals surface area contributed by atoms with Crippen molar-refractivity contribution in [2.24, 2.45) is 5.92 Å². The maximum Gasteiger partial charge on any atom is 0.274 e. The number of aromatic nitrogens is 2. The zero-order chi connectivity index (χ0) is 17.8. The third-order valence-electron chi connectivity index (χ3n) is 4.83. The molecule has 0 fully saturated rings. The first-order chi connectivity index (χ1) is 12.1. The molecule has 6 heteroatoms. The lowest BCUT2D eigenvalue weighted by molar-refractivity contribution is -0.125. The third-order valence-corrected chi connectivity index (χ3v) is 4.83. The van der Waals surface area contributed by atoms with Crippen molar-refractivity contribution < 1.29 is 9.53 Å². The van der Waals surface area contributed by atoms with Crippen molar-refractivity contribution in [3.8, 4) is 5.69 Å². The van der Waals surface area contributed by atoms with Crippen molar-refractivity contribution in [2.75, 3.05) is 20.3 Å². The number of aromatic amines is 1. The molecule has 0 saturated carbocycles. The molecule has 1 amide bonds. The van der Waals surface area contributed by atoms with E-state index >= 15 is 0 Å². The van der Waals surface area contributed by atoms with Crippen molar-refractivity contribution >= 4 is 5.91 Å². The van der Waals surface area contributed by atoms with E-state index in [1.54, 1.807) is 11.8 Å². The van der Waals surface area contributed by atoms with Crippen molar-refractivity contribution in [1.29, 1.82) is 0 Å². The predicted molar refractivity (Wildman–Crippen MR) is 96.1 cm³/mol. The second-order valence-corrected chi connectivity index (χ2v) is 6.60. The van der Waals surface area contributed by atoms with Crippen LogP contribution < -0.4 is 10.9 Å². The van der Waals surface area contributed by atoms with Crippen LogP contribution in [0.5, 0.6) is 0 Å². The Morgan fingerprint density at radius 2 is 2.00 bits per heavy atom. The number of nitrogens with zero attached hydrogens (tertiary/aromatic N) is 1. The van der Waals surface area contributed by atoms with Crippen LogP contribution in [0.4, 0.5) is 0 Å². The van der Waals surface area contributed by atoms with E-state index in [4.69, 9.17) is 4.74 Å². The Kier molecular flexibility index (Phi) is 5.38. The van der Waals surface area contributed by atoms with Crippen molar-refractivity contribution in [1.82, 2.24) is 15.1 Å². The normalized spacial score (nSPS) is 17.0. The second kappa shape index (κ2) is 7.70. The van der Waals surface area contributed by atoms with Gasteiger partial charge >= 0.3 is 0 Å². The van der Waals surface area contributed by atoms with E-state index in [0.29, 0.717) is 32.4 Å². The van der Waals surface area contributed by atoms with E-state index in [1.807, 2.05) is 31.2 Å². The van der Waals surface area contributed by atoms with Crippen LogP contribution in [-0.4, -0.2) is 35.9 Å². The SMILES string of the molecule is COCCNC(=O)C1CCc2[nH]n(-c3ccc(C)cc3)c(=O)c2CC1. The third kappa shape index (κ3) is 3.85. The molecule has 1 heterocycles. The van der Waals surface area contributed by atoms with Gasteiger partial charge in [0.1, 0.15) is 0 Å². The van der Waals surface area contributed by atoms with Crippen LogP contribution in [0.3, 0.4) is 0 Å². The van der Waals surface area contributed by atoms with Crippen LogP contribution in [0, 0.1) is 12.8 Å². The van der Waals surface area contributed by atoms with Crippen LogP contribution in [0.25, 0.3) is 5.69 Å². The standard InChI is InChI=1S/C19H25N3O3/c1-13-3-7-15(8-4-13)22-19(24)16-9-5-14(6-10-17(16)21-22)18(23)20-11-12-25-2/h3-4,7-8,14,21H,5-6,9-12H2,1-2H3,(H,20,23). The highest BCUT2D eigenvalue weighted by Crippen LogP contribution is 2.22. The summed E-state index contributed by atoms with van der Waals surface area (Å²) in [7, 11) is 1.61. The number of amides is 1. The van der Waals surface area contributed by atoms with E-state index < -0.39 is 0 Å². The predicted octanol–water partition coefficient (Wildman–Crippen LogP) is 1.73. The van der Waals surface area contributed by atoms with Crippen molar-refractivity contribution in [2.45, 2.75) is 32.6 Å². The molecule has 134 valence electrons. The van der Waals surface area contributed by atoms with Gasteiger partial charge in [-0.05, 0) is 44.7 Å². The van der Waals surface area contributed by atoms with Gasteiger partial charge in [0, 0.05) is 30.8 Å². The summed E-state index contributed by atoms with van der Waals surface area (Å²) >= 11 is 0. The van der Waals surface area contributed by atoms with E-state index in [2.05, 4.69) is 10.4 Å². The number of hydrogen-bond acceptors (Lipinski definition) is 3. The van der Waals surface area contributed by atoms with Gasteiger partial charge in [-0.15, -0.1) is 0 Å².